The maximum atomic E-state index is 11.5. The molecule has 1 fully saturated rings. The molecule has 5 nitrogen and oxygen atoms in total. The highest BCUT2D eigenvalue weighted by atomic mass is 32.1. The number of carboxylic acid groups (broad SMARTS) is 1. The molecule has 1 aromatic carbocycles. The van der Waals surface area contributed by atoms with Gasteiger partial charge in [-0.2, -0.15) is 0 Å². The molecular formula is C21H23N3O2S. The van der Waals surface area contributed by atoms with E-state index in [-0.39, 0.29) is 0 Å². The zero-order valence-electron chi connectivity index (χ0n) is 15.6. The molecule has 1 aliphatic heterocycles. The third-order valence-electron chi connectivity index (χ3n) is 5.36. The van der Waals surface area contributed by atoms with Crippen molar-refractivity contribution in [2.45, 2.75) is 33.1 Å². The number of fused-ring (bicyclic) bond motifs is 1. The Morgan fingerprint density at radius 1 is 1.19 bits per heavy atom. The van der Waals surface area contributed by atoms with Gasteiger partial charge < -0.3 is 10.0 Å². The van der Waals surface area contributed by atoms with Crippen LogP contribution in [0.15, 0.2) is 30.3 Å². The van der Waals surface area contributed by atoms with Crippen molar-refractivity contribution in [2.24, 2.45) is 5.92 Å². The van der Waals surface area contributed by atoms with Crippen molar-refractivity contribution in [3.63, 3.8) is 0 Å². The van der Waals surface area contributed by atoms with Crippen LogP contribution in [0.3, 0.4) is 0 Å². The molecule has 1 aliphatic rings. The number of aromatic carboxylic acids is 1. The number of rotatable bonds is 4. The van der Waals surface area contributed by atoms with E-state index in [1.165, 1.54) is 16.9 Å². The van der Waals surface area contributed by atoms with Gasteiger partial charge in [0.05, 0.1) is 5.39 Å². The first-order valence-electron chi connectivity index (χ1n) is 9.33. The van der Waals surface area contributed by atoms with E-state index in [0.717, 1.165) is 53.9 Å². The predicted molar refractivity (Wildman–Crippen MR) is 109 cm³/mol. The molecule has 1 saturated heterocycles. The maximum Gasteiger partial charge on any atom is 0.346 e. The predicted octanol–water partition coefficient (Wildman–Crippen LogP) is 4.47. The first-order chi connectivity index (χ1) is 13.0. The summed E-state index contributed by atoms with van der Waals surface area (Å²) in [5.41, 5.74) is 2.18. The van der Waals surface area contributed by atoms with Gasteiger partial charge >= 0.3 is 5.97 Å². The first-order valence-corrected chi connectivity index (χ1v) is 10.1. The van der Waals surface area contributed by atoms with Gasteiger partial charge in [-0.25, -0.2) is 14.8 Å². The van der Waals surface area contributed by atoms with Gasteiger partial charge in [-0.1, -0.05) is 30.3 Å². The van der Waals surface area contributed by atoms with E-state index in [1.54, 1.807) is 0 Å². The largest absolute Gasteiger partial charge is 0.477 e. The number of hydrogen-bond acceptors (Lipinski definition) is 5. The fourth-order valence-corrected chi connectivity index (χ4v) is 5.01. The summed E-state index contributed by atoms with van der Waals surface area (Å²) < 4.78 is 0. The second kappa shape index (κ2) is 7.27. The summed E-state index contributed by atoms with van der Waals surface area (Å²) in [5.74, 6) is 1.39. The van der Waals surface area contributed by atoms with Crippen LogP contribution < -0.4 is 4.90 Å². The van der Waals surface area contributed by atoms with Crippen LogP contribution in [-0.4, -0.2) is 34.1 Å². The summed E-state index contributed by atoms with van der Waals surface area (Å²) in [6, 6.07) is 10.7. The number of thiophene rings is 1. The van der Waals surface area contributed by atoms with Gasteiger partial charge in [0.2, 0.25) is 0 Å². The molecule has 0 aliphatic carbocycles. The van der Waals surface area contributed by atoms with Crippen molar-refractivity contribution in [1.29, 1.82) is 0 Å². The van der Waals surface area contributed by atoms with Gasteiger partial charge in [0.1, 0.15) is 21.3 Å². The minimum Gasteiger partial charge on any atom is -0.477 e. The molecule has 0 radical (unpaired) electrons. The Morgan fingerprint density at radius 2 is 1.89 bits per heavy atom. The summed E-state index contributed by atoms with van der Waals surface area (Å²) in [5, 5.41) is 10.4. The van der Waals surface area contributed by atoms with Crippen LogP contribution in [0.4, 0.5) is 5.82 Å². The molecule has 27 heavy (non-hydrogen) atoms. The number of piperidine rings is 1. The number of anilines is 1. The molecular weight excluding hydrogens is 358 g/mol. The summed E-state index contributed by atoms with van der Waals surface area (Å²) in [7, 11) is 0. The quantitative estimate of drug-likeness (QED) is 0.722. The third kappa shape index (κ3) is 3.54. The Hall–Kier alpha value is -2.47. The van der Waals surface area contributed by atoms with Crippen LogP contribution in [0.1, 0.15) is 39.5 Å². The normalized spacial score (nSPS) is 15.4. The van der Waals surface area contributed by atoms with Crippen LogP contribution in [0.5, 0.6) is 0 Å². The molecule has 0 unspecified atom stereocenters. The van der Waals surface area contributed by atoms with Crippen LogP contribution in [0.2, 0.25) is 0 Å². The number of nitrogens with zero attached hydrogens (tertiary/aromatic N) is 3. The number of carbonyl (C=O) groups is 1. The van der Waals surface area contributed by atoms with E-state index in [9.17, 15) is 9.90 Å². The SMILES string of the molecule is Cc1nc(N2CCC(Cc3ccccc3)CC2)c2c(C)c(C(=O)O)sc2n1. The van der Waals surface area contributed by atoms with Crippen molar-refractivity contribution >= 4 is 33.3 Å². The van der Waals surface area contributed by atoms with E-state index >= 15 is 0 Å². The number of benzene rings is 1. The summed E-state index contributed by atoms with van der Waals surface area (Å²) in [6.07, 6.45) is 3.36. The Balaban J connectivity index is 1.57. The highest BCUT2D eigenvalue weighted by molar-refractivity contribution is 7.20. The average molecular weight is 382 g/mol. The van der Waals surface area contributed by atoms with E-state index < -0.39 is 5.97 Å². The monoisotopic (exact) mass is 381 g/mol. The maximum absolute atomic E-state index is 11.5. The van der Waals surface area contributed by atoms with Gasteiger partial charge in [0.25, 0.3) is 0 Å². The number of aromatic nitrogens is 2. The van der Waals surface area contributed by atoms with Gasteiger partial charge in [0, 0.05) is 13.1 Å². The van der Waals surface area contributed by atoms with Crippen molar-refractivity contribution < 1.29 is 9.90 Å². The molecule has 6 heteroatoms. The zero-order valence-corrected chi connectivity index (χ0v) is 16.4. The molecule has 3 heterocycles. The Bertz CT molecular complexity index is 976. The lowest BCUT2D eigenvalue weighted by Gasteiger charge is -2.33. The molecule has 0 spiro atoms. The molecule has 0 saturated carbocycles. The minimum atomic E-state index is -0.888. The number of carboxylic acids is 1. The number of hydrogen-bond donors (Lipinski definition) is 1. The Kier molecular flexibility index (Phi) is 4.83. The average Bonchev–Trinajstić information content (AvgIpc) is 2.99. The molecule has 0 bridgehead atoms. The minimum absolute atomic E-state index is 0.366. The van der Waals surface area contributed by atoms with Crippen molar-refractivity contribution in [3.05, 3.63) is 52.2 Å². The Morgan fingerprint density at radius 3 is 2.56 bits per heavy atom. The number of aryl methyl sites for hydroxylation is 2. The molecule has 140 valence electrons. The summed E-state index contributed by atoms with van der Waals surface area (Å²) >= 11 is 1.25. The van der Waals surface area contributed by atoms with Gasteiger partial charge in [0.15, 0.2) is 0 Å². The first kappa shape index (κ1) is 17.9. The van der Waals surface area contributed by atoms with Crippen LogP contribution in [0.25, 0.3) is 10.2 Å². The molecule has 2 aromatic heterocycles. The van der Waals surface area contributed by atoms with Crippen LogP contribution >= 0.6 is 11.3 Å². The zero-order chi connectivity index (χ0) is 19.0. The standard InChI is InChI=1S/C21H23N3O2S/c1-13-17-19(22-14(2)23-20(17)27-18(13)21(25)26)24-10-8-16(9-11-24)12-15-6-4-3-5-7-15/h3-7,16H,8-12H2,1-2H3,(H,25,26). The van der Waals surface area contributed by atoms with E-state index in [2.05, 4.69) is 40.2 Å². The van der Waals surface area contributed by atoms with Crippen molar-refractivity contribution in [2.75, 3.05) is 18.0 Å². The second-order valence-corrected chi connectivity index (χ2v) is 8.26. The highest BCUT2D eigenvalue weighted by Gasteiger charge is 2.25. The molecule has 3 aromatic rings. The van der Waals surface area contributed by atoms with E-state index in [0.29, 0.717) is 16.6 Å². The van der Waals surface area contributed by atoms with Gasteiger partial charge in [-0.15, -0.1) is 11.3 Å². The van der Waals surface area contributed by atoms with Gasteiger partial charge in [-0.05, 0) is 50.2 Å². The molecule has 4 rings (SSSR count). The lowest BCUT2D eigenvalue weighted by molar-refractivity contribution is 0.0701. The van der Waals surface area contributed by atoms with Crippen molar-refractivity contribution in [1.82, 2.24) is 9.97 Å². The molecule has 0 amide bonds. The summed E-state index contributed by atoms with van der Waals surface area (Å²) in [4.78, 5) is 24.2. The smallest absolute Gasteiger partial charge is 0.346 e. The second-order valence-electron chi connectivity index (χ2n) is 7.26. The van der Waals surface area contributed by atoms with Crippen molar-refractivity contribution in [3.8, 4) is 0 Å². The Labute approximate surface area is 162 Å². The lowest BCUT2D eigenvalue weighted by atomic mass is 9.90. The fraction of sp³-hybridized carbons (Fsp3) is 0.381. The van der Waals surface area contributed by atoms with E-state index in [4.69, 9.17) is 4.98 Å². The fourth-order valence-electron chi connectivity index (χ4n) is 3.95. The topological polar surface area (TPSA) is 66.3 Å². The molecule has 1 N–H and O–H groups in total. The van der Waals surface area contributed by atoms with Gasteiger partial charge in [-0.3, -0.25) is 0 Å². The van der Waals surface area contributed by atoms with Crippen LogP contribution in [-0.2, 0) is 6.42 Å². The summed E-state index contributed by atoms with van der Waals surface area (Å²) in [6.45, 7) is 5.63. The van der Waals surface area contributed by atoms with Crippen LogP contribution in [0, 0.1) is 19.8 Å². The molecule has 0 atom stereocenters. The third-order valence-corrected chi connectivity index (χ3v) is 6.53. The van der Waals surface area contributed by atoms with E-state index in [1.807, 2.05) is 13.8 Å². The highest BCUT2D eigenvalue weighted by Crippen LogP contribution is 2.37. The lowest BCUT2D eigenvalue weighted by Crippen LogP contribution is -2.35.